The van der Waals surface area contributed by atoms with E-state index in [0.29, 0.717) is 6.54 Å². The molecule has 0 radical (unpaired) electrons. The van der Waals surface area contributed by atoms with Crippen molar-refractivity contribution in [2.24, 2.45) is 5.84 Å². The van der Waals surface area contributed by atoms with Gasteiger partial charge in [0.15, 0.2) is 0 Å². The summed E-state index contributed by atoms with van der Waals surface area (Å²) in [5.74, 6) is 5.16. The van der Waals surface area contributed by atoms with Crippen LogP contribution in [-0.2, 0) is 10.2 Å². The van der Waals surface area contributed by atoms with Crippen LogP contribution in [0.15, 0.2) is 0 Å². The molecule has 0 aromatic heterocycles. The standard InChI is InChI=1S/C4H11N3O2S/c1-4-2-3-7(5)10(8,9)6-4/h4,6H,2-3,5H2,1H3. The van der Waals surface area contributed by atoms with Crippen molar-refractivity contribution in [3.63, 3.8) is 0 Å². The van der Waals surface area contributed by atoms with Gasteiger partial charge in [-0.3, -0.25) is 5.84 Å². The fraction of sp³-hybridized carbons (Fsp3) is 1.00. The van der Waals surface area contributed by atoms with Crippen LogP contribution in [0.25, 0.3) is 0 Å². The van der Waals surface area contributed by atoms with Gasteiger partial charge in [-0.15, -0.1) is 4.41 Å². The number of hydrazine groups is 1. The van der Waals surface area contributed by atoms with Crippen molar-refractivity contribution in [1.29, 1.82) is 0 Å². The van der Waals surface area contributed by atoms with E-state index in [4.69, 9.17) is 5.84 Å². The number of nitrogens with two attached hydrogens (primary N) is 1. The summed E-state index contributed by atoms with van der Waals surface area (Å²) in [5.41, 5.74) is 0. The van der Waals surface area contributed by atoms with E-state index >= 15 is 0 Å². The zero-order valence-corrected chi connectivity index (χ0v) is 6.56. The Morgan fingerprint density at radius 2 is 2.30 bits per heavy atom. The normalized spacial score (nSPS) is 34.0. The van der Waals surface area contributed by atoms with Crippen molar-refractivity contribution in [2.45, 2.75) is 19.4 Å². The average Bonchev–Trinajstić information content (AvgIpc) is 1.78. The molecule has 1 unspecified atom stereocenters. The van der Waals surface area contributed by atoms with Crippen LogP contribution < -0.4 is 10.6 Å². The highest BCUT2D eigenvalue weighted by molar-refractivity contribution is 7.87. The summed E-state index contributed by atoms with van der Waals surface area (Å²) < 4.78 is 25.0. The van der Waals surface area contributed by atoms with Crippen LogP contribution >= 0.6 is 0 Å². The van der Waals surface area contributed by atoms with Gasteiger partial charge < -0.3 is 0 Å². The van der Waals surface area contributed by atoms with E-state index in [1.807, 2.05) is 6.92 Å². The highest BCUT2D eigenvalue weighted by atomic mass is 32.2. The van der Waals surface area contributed by atoms with E-state index in [0.717, 1.165) is 10.8 Å². The van der Waals surface area contributed by atoms with Crippen molar-refractivity contribution in [3.8, 4) is 0 Å². The molecule has 1 rings (SSSR count). The Hall–Kier alpha value is -0.170. The summed E-state index contributed by atoms with van der Waals surface area (Å²) in [6.45, 7) is 2.21. The Balaban J connectivity index is 2.74. The third-order valence-corrected chi connectivity index (χ3v) is 2.94. The van der Waals surface area contributed by atoms with Crippen LogP contribution in [0.5, 0.6) is 0 Å². The van der Waals surface area contributed by atoms with Gasteiger partial charge in [-0.05, 0) is 13.3 Å². The molecule has 0 aliphatic carbocycles. The summed E-state index contributed by atoms with van der Waals surface area (Å²) in [5, 5.41) is 0. The molecule has 6 heteroatoms. The van der Waals surface area contributed by atoms with Crippen molar-refractivity contribution >= 4 is 10.2 Å². The summed E-state index contributed by atoms with van der Waals surface area (Å²) in [6.07, 6.45) is 0.760. The summed E-state index contributed by atoms with van der Waals surface area (Å²) in [7, 11) is -3.35. The Labute approximate surface area is 60.3 Å². The van der Waals surface area contributed by atoms with Gasteiger partial charge in [-0.2, -0.15) is 13.1 Å². The quantitative estimate of drug-likeness (QED) is 0.442. The van der Waals surface area contributed by atoms with Crippen molar-refractivity contribution in [1.82, 2.24) is 9.14 Å². The van der Waals surface area contributed by atoms with Crippen molar-refractivity contribution in [3.05, 3.63) is 0 Å². The number of nitrogens with one attached hydrogen (secondary N) is 1. The number of rotatable bonds is 0. The molecule has 0 amide bonds. The van der Waals surface area contributed by atoms with Crippen LogP contribution in [-0.4, -0.2) is 25.4 Å². The monoisotopic (exact) mass is 165 g/mol. The second-order valence-electron chi connectivity index (χ2n) is 2.42. The average molecular weight is 165 g/mol. The zero-order chi connectivity index (χ0) is 7.78. The second-order valence-corrected chi connectivity index (χ2v) is 4.08. The molecule has 1 saturated heterocycles. The van der Waals surface area contributed by atoms with Gasteiger partial charge in [0.1, 0.15) is 0 Å². The third-order valence-electron chi connectivity index (χ3n) is 1.44. The lowest BCUT2D eigenvalue weighted by atomic mass is 10.2. The molecule has 0 spiro atoms. The molecule has 0 aromatic carbocycles. The maximum atomic E-state index is 10.9. The van der Waals surface area contributed by atoms with Gasteiger partial charge in [0.05, 0.1) is 0 Å². The first-order valence-electron chi connectivity index (χ1n) is 3.07. The van der Waals surface area contributed by atoms with E-state index in [-0.39, 0.29) is 6.04 Å². The molecule has 0 bridgehead atoms. The minimum atomic E-state index is -3.35. The minimum Gasteiger partial charge on any atom is -0.254 e. The second kappa shape index (κ2) is 2.46. The molecule has 1 aliphatic rings. The number of nitrogens with zero attached hydrogens (tertiary/aromatic N) is 1. The SMILES string of the molecule is CC1CCN(N)S(=O)(=O)N1. The highest BCUT2D eigenvalue weighted by Crippen LogP contribution is 2.04. The van der Waals surface area contributed by atoms with E-state index < -0.39 is 10.2 Å². The Morgan fingerprint density at radius 3 is 2.70 bits per heavy atom. The van der Waals surface area contributed by atoms with Gasteiger partial charge in [0, 0.05) is 12.6 Å². The van der Waals surface area contributed by atoms with Crippen LogP contribution in [0.1, 0.15) is 13.3 Å². The first-order valence-corrected chi connectivity index (χ1v) is 4.51. The van der Waals surface area contributed by atoms with E-state index in [2.05, 4.69) is 4.72 Å². The molecule has 1 atom stereocenters. The van der Waals surface area contributed by atoms with Gasteiger partial charge in [0.2, 0.25) is 0 Å². The van der Waals surface area contributed by atoms with Gasteiger partial charge in [-0.25, -0.2) is 0 Å². The molecule has 1 fully saturated rings. The van der Waals surface area contributed by atoms with E-state index in [1.54, 1.807) is 0 Å². The molecule has 5 nitrogen and oxygen atoms in total. The van der Waals surface area contributed by atoms with Crippen LogP contribution in [0.3, 0.4) is 0 Å². The summed E-state index contributed by atoms with van der Waals surface area (Å²) in [4.78, 5) is 0. The van der Waals surface area contributed by atoms with Crippen molar-refractivity contribution < 1.29 is 8.42 Å². The largest absolute Gasteiger partial charge is 0.292 e. The molecular weight excluding hydrogens is 154 g/mol. The molecule has 1 heterocycles. The molecule has 0 aromatic rings. The maximum absolute atomic E-state index is 10.9. The zero-order valence-electron chi connectivity index (χ0n) is 5.74. The van der Waals surface area contributed by atoms with Gasteiger partial charge >= 0.3 is 0 Å². The minimum absolute atomic E-state index is 0.00444. The predicted molar refractivity (Wildman–Crippen MR) is 37.0 cm³/mol. The Kier molecular flexibility index (Phi) is 1.95. The lowest BCUT2D eigenvalue weighted by Crippen LogP contribution is -2.53. The summed E-state index contributed by atoms with van der Waals surface area (Å²) >= 11 is 0. The predicted octanol–water partition coefficient (Wildman–Crippen LogP) is -1.21. The van der Waals surface area contributed by atoms with Gasteiger partial charge in [0.25, 0.3) is 10.2 Å². The Morgan fingerprint density at radius 1 is 1.70 bits per heavy atom. The topological polar surface area (TPSA) is 75.4 Å². The molecule has 3 N–H and O–H groups in total. The molecular formula is C4H11N3O2S. The fourth-order valence-corrected chi connectivity index (χ4v) is 1.93. The third kappa shape index (κ3) is 1.46. The van der Waals surface area contributed by atoms with Crippen LogP contribution in [0.4, 0.5) is 0 Å². The van der Waals surface area contributed by atoms with Crippen LogP contribution in [0, 0.1) is 0 Å². The van der Waals surface area contributed by atoms with E-state index in [1.165, 1.54) is 0 Å². The lowest BCUT2D eigenvalue weighted by molar-refractivity contribution is 0.356. The maximum Gasteiger partial charge on any atom is 0.292 e. The highest BCUT2D eigenvalue weighted by Gasteiger charge is 2.25. The number of hydrogen-bond acceptors (Lipinski definition) is 3. The van der Waals surface area contributed by atoms with Gasteiger partial charge in [-0.1, -0.05) is 0 Å². The van der Waals surface area contributed by atoms with Crippen LogP contribution in [0.2, 0.25) is 0 Å². The van der Waals surface area contributed by atoms with Crippen molar-refractivity contribution in [2.75, 3.05) is 6.54 Å². The summed E-state index contributed by atoms with van der Waals surface area (Å²) in [6, 6.07) is 0.00444. The first kappa shape index (κ1) is 7.93. The molecule has 0 saturated carbocycles. The molecule has 10 heavy (non-hydrogen) atoms. The molecule has 1 aliphatic heterocycles. The van der Waals surface area contributed by atoms with E-state index in [9.17, 15) is 8.42 Å². The number of hydrogen-bond donors (Lipinski definition) is 2. The fourth-order valence-electron chi connectivity index (χ4n) is 0.822. The Bertz CT molecular complexity index is 213. The smallest absolute Gasteiger partial charge is 0.254 e. The molecule has 60 valence electrons. The lowest BCUT2D eigenvalue weighted by Gasteiger charge is -2.26. The first-order chi connectivity index (χ1) is 4.52.